The Morgan fingerprint density at radius 2 is 1.49 bits per heavy atom. The van der Waals surface area contributed by atoms with Crippen LogP contribution in [0.5, 0.6) is 0 Å². The van der Waals surface area contributed by atoms with Crippen molar-refractivity contribution >= 4 is 47.0 Å². The van der Waals surface area contributed by atoms with Gasteiger partial charge in [-0.25, -0.2) is 9.78 Å². The van der Waals surface area contributed by atoms with Gasteiger partial charge in [0.05, 0.1) is 22.2 Å². The fourth-order valence-corrected chi connectivity index (χ4v) is 7.76. The number of likely N-dealkylation sites (tertiary alicyclic amines) is 1. The number of alkyl carbamates (subject to hydrolysis) is 1. The second-order valence-electron chi connectivity index (χ2n) is 17.7. The number of amides is 6. The molecule has 1 aliphatic rings. The first-order chi connectivity index (χ1) is 28.7. The van der Waals surface area contributed by atoms with Gasteiger partial charge < -0.3 is 41.7 Å². The fraction of sp³-hybridized carbons (Fsp3) is 0.533. The van der Waals surface area contributed by atoms with Crippen LogP contribution in [0.3, 0.4) is 0 Å². The molecule has 16 heteroatoms. The van der Waals surface area contributed by atoms with Crippen LogP contribution >= 0.6 is 11.3 Å². The minimum atomic E-state index is -0.992. The molecule has 61 heavy (non-hydrogen) atoms. The van der Waals surface area contributed by atoms with Crippen molar-refractivity contribution in [2.24, 2.45) is 11.1 Å². The van der Waals surface area contributed by atoms with Gasteiger partial charge in [-0.2, -0.15) is 0 Å². The quantitative estimate of drug-likeness (QED) is 0.0910. The van der Waals surface area contributed by atoms with E-state index in [1.807, 2.05) is 81.7 Å². The summed E-state index contributed by atoms with van der Waals surface area (Å²) in [7, 11) is 0. The van der Waals surface area contributed by atoms with Crippen molar-refractivity contribution in [2.75, 3.05) is 6.54 Å². The number of aromatic nitrogens is 1. The molecule has 0 unspecified atom stereocenters. The van der Waals surface area contributed by atoms with Crippen molar-refractivity contribution in [3.05, 3.63) is 76.4 Å². The molecule has 2 aromatic carbocycles. The number of unbranched alkanes of at least 4 members (excludes halogenated alkanes) is 2. The van der Waals surface area contributed by atoms with Crippen molar-refractivity contribution in [1.82, 2.24) is 31.2 Å². The van der Waals surface area contributed by atoms with Gasteiger partial charge in [0.2, 0.25) is 29.5 Å². The van der Waals surface area contributed by atoms with Crippen molar-refractivity contribution in [1.29, 1.82) is 0 Å². The number of hydrogen-bond donors (Lipinski definition) is 6. The Labute approximate surface area is 363 Å². The van der Waals surface area contributed by atoms with Gasteiger partial charge in [-0.15, -0.1) is 11.3 Å². The Morgan fingerprint density at radius 1 is 0.869 bits per heavy atom. The molecular formula is C45H63N7O8S. The van der Waals surface area contributed by atoms with Crippen molar-refractivity contribution < 1.29 is 38.6 Å². The number of aryl methyl sites for hydroxylation is 2. The molecule has 1 saturated heterocycles. The minimum Gasteiger partial charge on any atom is -0.444 e. The number of nitrogens with two attached hydrogens (primary N) is 1. The molecule has 6 amide bonds. The largest absolute Gasteiger partial charge is 0.444 e. The number of nitrogens with zero attached hydrogens (tertiary/aromatic N) is 2. The number of ether oxygens (including phenoxy) is 1. The Balaban J connectivity index is 1.21. The molecule has 0 spiro atoms. The molecule has 0 bridgehead atoms. The normalized spacial score (nSPS) is 16.3. The number of thiazole rings is 1. The van der Waals surface area contributed by atoms with E-state index in [0.717, 1.165) is 52.1 Å². The summed E-state index contributed by atoms with van der Waals surface area (Å²) < 4.78 is 5.25. The number of nitrogens with one attached hydrogen (secondary N) is 4. The van der Waals surface area contributed by atoms with Crippen LogP contribution in [0.25, 0.3) is 10.4 Å². The fourth-order valence-electron chi connectivity index (χ4n) is 6.95. The van der Waals surface area contributed by atoms with E-state index >= 15 is 0 Å². The average molecular weight is 862 g/mol. The lowest BCUT2D eigenvalue weighted by atomic mass is 9.85. The number of β-amino-alcohol motifs (C(OH)–C–C–N with tert-alkyl or cyclic N) is 1. The van der Waals surface area contributed by atoms with Crippen LogP contribution in [0.4, 0.5) is 4.79 Å². The SMILES string of the molecule is Cc1ncsc1-c1ccc(CNC(=O)[C@@H]2C[C@@H](O)CN2C(=O)[C@@H](NC(=O)CCCCCc2ccc(CNC(=O)[C@H](CCC(N)=O)NC(=O)OC(C)(C)C)cc2)C(C)(C)C)cc1. The number of benzene rings is 2. The second-order valence-corrected chi connectivity index (χ2v) is 18.6. The summed E-state index contributed by atoms with van der Waals surface area (Å²) in [4.78, 5) is 83.9. The number of carbonyl (C=O) groups is 6. The zero-order valence-corrected chi connectivity index (χ0v) is 37.3. The Hall–Kier alpha value is -5.35. The number of rotatable bonds is 19. The maximum Gasteiger partial charge on any atom is 0.408 e. The zero-order valence-electron chi connectivity index (χ0n) is 36.5. The smallest absolute Gasteiger partial charge is 0.408 e. The second kappa shape index (κ2) is 22.0. The van der Waals surface area contributed by atoms with Crippen LogP contribution in [0.15, 0.2) is 54.0 Å². The van der Waals surface area contributed by atoms with Crippen molar-refractivity contribution in [3.63, 3.8) is 0 Å². The van der Waals surface area contributed by atoms with Gasteiger partial charge in [0.1, 0.15) is 23.7 Å². The first-order valence-corrected chi connectivity index (χ1v) is 21.8. The molecule has 0 aliphatic carbocycles. The van der Waals surface area contributed by atoms with E-state index in [9.17, 15) is 33.9 Å². The van der Waals surface area contributed by atoms with Gasteiger partial charge in [-0.05, 0) is 81.0 Å². The highest BCUT2D eigenvalue weighted by molar-refractivity contribution is 7.13. The van der Waals surface area contributed by atoms with Crippen LogP contribution in [-0.4, -0.2) is 87.0 Å². The predicted octanol–water partition coefficient (Wildman–Crippen LogP) is 4.81. The number of carbonyl (C=O) groups excluding carboxylic acids is 6. The van der Waals surface area contributed by atoms with Gasteiger partial charge in [-0.1, -0.05) is 75.7 Å². The van der Waals surface area contributed by atoms with Crippen LogP contribution in [-0.2, 0) is 48.2 Å². The Bertz CT molecular complexity index is 1970. The lowest BCUT2D eigenvalue weighted by Gasteiger charge is -2.35. The summed E-state index contributed by atoms with van der Waals surface area (Å²) >= 11 is 1.57. The zero-order chi connectivity index (χ0) is 44.9. The van der Waals surface area contributed by atoms with Gasteiger partial charge in [-0.3, -0.25) is 24.0 Å². The van der Waals surface area contributed by atoms with Gasteiger partial charge in [0.25, 0.3) is 0 Å². The maximum atomic E-state index is 14.0. The van der Waals surface area contributed by atoms with E-state index in [0.29, 0.717) is 6.42 Å². The first-order valence-electron chi connectivity index (χ1n) is 20.9. The standard InChI is InChI=1S/C45H63N7O8S/c1-28-38(61-27-49-28)32-19-17-31(18-20-32)25-48-41(57)35-23-33(53)26-52(35)42(58)39(44(2,3)4)51-37(55)12-10-8-9-11-29-13-15-30(16-14-29)24-47-40(56)34(21-22-36(46)54)50-43(59)60-45(5,6)7/h13-20,27,33-35,39,53H,8-12,21-26H2,1-7H3,(H2,46,54)(H,47,56)(H,48,57)(H,50,59)(H,51,55)/t33-,34+,35+,39-/m1/s1. The van der Waals surface area contributed by atoms with Crippen molar-refractivity contribution in [2.45, 2.75) is 143 Å². The van der Waals surface area contributed by atoms with Gasteiger partial charge in [0, 0.05) is 38.9 Å². The van der Waals surface area contributed by atoms with E-state index in [1.54, 1.807) is 32.1 Å². The summed E-state index contributed by atoms with van der Waals surface area (Å²) in [5, 5.41) is 21.7. The Kier molecular flexibility index (Phi) is 17.4. The highest BCUT2D eigenvalue weighted by Gasteiger charge is 2.44. The molecule has 3 aromatic rings. The summed E-state index contributed by atoms with van der Waals surface area (Å²) in [6.45, 7) is 13.2. The highest BCUT2D eigenvalue weighted by atomic mass is 32.1. The third-order valence-corrected chi connectivity index (χ3v) is 11.2. The summed E-state index contributed by atoms with van der Waals surface area (Å²) in [6, 6.07) is 12.9. The highest BCUT2D eigenvalue weighted by Crippen LogP contribution is 2.28. The van der Waals surface area contributed by atoms with Gasteiger partial charge in [0.15, 0.2) is 0 Å². The Morgan fingerprint density at radius 3 is 2.08 bits per heavy atom. The summed E-state index contributed by atoms with van der Waals surface area (Å²) in [6.07, 6.45) is 1.69. The molecule has 1 aromatic heterocycles. The average Bonchev–Trinajstić information content (AvgIpc) is 3.80. The predicted molar refractivity (Wildman–Crippen MR) is 234 cm³/mol. The van der Waals surface area contributed by atoms with Crippen LogP contribution in [0, 0.1) is 12.3 Å². The van der Waals surface area contributed by atoms with Crippen molar-refractivity contribution in [3.8, 4) is 10.4 Å². The molecule has 0 radical (unpaired) electrons. The van der Waals surface area contributed by atoms with E-state index in [4.69, 9.17) is 10.5 Å². The third-order valence-electron chi connectivity index (χ3n) is 10.3. The molecule has 15 nitrogen and oxygen atoms in total. The summed E-state index contributed by atoms with van der Waals surface area (Å²) in [5.74, 6) is -2.06. The maximum absolute atomic E-state index is 14.0. The molecule has 4 rings (SSSR count). The third kappa shape index (κ3) is 15.6. The molecule has 4 atom stereocenters. The first kappa shape index (κ1) is 48.3. The van der Waals surface area contributed by atoms with Crippen LogP contribution in [0.1, 0.15) is 109 Å². The molecule has 7 N–H and O–H groups in total. The topological polar surface area (TPSA) is 222 Å². The van der Waals surface area contributed by atoms with Crippen LogP contribution in [0.2, 0.25) is 0 Å². The van der Waals surface area contributed by atoms with E-state index < -0.39 is 59.1 Å². The van der Waals surface area contributed by atoms with E-state index in [-0.39, 0.29) is 57.1 Å². The minimum absolute atomic E-state index is 0.00406. The van der Waals surface area contributed by atoms with Gasteiger partial charge >= 0.3 is 6.09 Å². The molecule has 1 aliphatic heterocycles. The van der Waals surface area contributed by atoms with E-state index in [1.165, 1.54) is 4.90 Å². The molecular weight excluding hydrogens is 799 g/mol. The lowest BCUT2D eigenvalue weighted by molar-refractivity contribution is -0.144. The summed E-state index contributed by atoms with van der Waals surface area (Å²) in [5.41, 5.74) is 10.5. The lowest BCUT2D eigenvalue weighted by Crippen LogP contribution is -2.57. The monoisotopic (exact) mass is 861 g/mol. The molecule has 1 fully saturated rings. The molecule has 0 saturated carbocycles. The van der Waals surface area contributed by atoms with E-state index in [2.05, 4.69) is 26.3 Å². The number of aliphatic hydroxyl groups is 1. The number of hydrogen-bond acceptors (Lipinski definition) is 10. The van der Waals surface area contributed by atoms with Crippen LogP contribution < -0.4 is 27.0 Å². The molecule has 332 valence electrons. The number of primary amides is 1. The molecule has 2 heterocycles. The number of aliphatic hydroxyl groups excluding tert-OH is 1.